The van der Waals surface area contributed by atoms with E-state index >= 15 is 0 Å². The molecule has 0 saturated heterocycles. The second-order valence-electron chi connectivity index (χ2n) is 4.41. The van der Waals surface area contributed by atoms with Crippen LogP contribution in [0.25, 0.3) is 0 Å². The zero-order chi connectivity index (χ0) is 16.6. The van der Waals surface area contributed by atoms with Crippen LogP contribution in [0.3, 0.4) is 0 Å². The molecular weight excluding hydrogens is 308 g/mol. The number of nitrogens with zero attached hydrogens (tertiary/aromatic N) is 3. The Morgan fingerprint density at radius 2 is 1.78 bits per heavy atom. The Hall–Kier alpha value is -3.69. The minimum atomic E-state index is -0.828. The average Bonchev–Trinajstić information content (AvgIpc) is 2.82. The Morgan fingerprint density at radius 3 is 2.43 bits per heavy atom. The van der Waals surface area contributed by atoms with Crippen molar-refractivity contribution in [2.24, 2.45) is 0 Å². The number of ether oxygens (including phenoxy) is 1. The molecule has 0 bridgehead atoms. The monoisotopic (exact) mass is 314 g/mol. The molecular formula is C13H6N4O6. The summed E-state index contributed by atoms with van der Waals surface area (Å²) in [6.45, 7) is 0. The standard InChI is InChI=1S/C13H6N4O6/c18-10(16-13-14-4-7(5-15-13)17(21)22)6-1-2-8-9(3-6)12(20)23-11(8)19/h1-5H,(H,14,15,16,18). The first kappa shape index (κ1) is 14.3. The second-order valence-corrected chi connectivity index (χ2v) is 4.41. The SMILES string of the molecule is O=C(Nc1ncc([N+](=O)[O-])cn1)c1ccc2c(c1)C(=O)OC2=O. The number of benzene rings is 1. The van der Waals surface area contributed by atoms with E-state index in [1.165, 1.54) is 18.2 Å². The number of hydrogen-bond acceptors (Lipinski definition) is 8. The highest BCUT2D eigenvalue weighted by Gasteiger charge is 2.30. The van der Waals surface area contributed by atoms with E-state index in [1.807, 2.05) is 0 Å². The topological polar surface area (TPSA) is 141 Å². The number of anilines is 1. The van der Waals surface area contributed by atoms with Crippen molar-refractivity contribution in [3.05, 3.63) is 57.4 Å². The third-order valence-corrected chi connectivity index (χ3v) is 2.98. The highest BCUT2D eigenvalue weighted by atomic mass is 16.6. The maximum absolute atomic E-state index is 12.1. The molecule has 0 saturated carbocycles. The number of cyclic esters (lactones) is 2. The molecule has 0 aliphatic carbocycles. The Balaban J connectivity index is 1.81. The third kappa shape index (κ3) is 2.60. The Kier molecular flexibility index (Phi) is 3.26. The molecule has 0 atom stereocenters. The maximum atomic E-state index is 12.1. The normalized spacial score (nSPS) is 12.5. The van der Waals surface area contributed by atoms with Gasteiger partial charge in [-0.05, 0) is 18.2 Å². The molecule has 0 fully saturated rings. The number of nitrogens with one attached hydrogen (secondary N) is 1. The predicted molar refractivity (Wildman–Crippen MR) is 72.8 cm³/mol. The van der Waals surface area contributed by atoms with Crippen LogP contribution in [0.2, 0.25) is 0 Å². The summed E-state index contributed by atoms with van der Waals surface area (Å²) in [6, 6.07) is 3.84. The van der Waals surface area contributed by atoms with E-state index in [-0.39, 0.29) is 28.3 Å². The van der Waals surface area contributed by atoms with Crippen molar-refractivity contribution in [3.63, 3.8) is 0 Å². The Morgan fingerprint density at radius 1 is 1.13 bits per heavy atom. The van der Waals surface area contributed by atoms with E-state index in [2.05, 4.69) is 20.0 Å². The molecule has 23 heavy (non-hydrogen) atoms. The molecule has 3 rings (SSSR count). The number of amides is 1. The van der Waals surface area contributed by atoms with Crippen molar-refractivity contribution in [2.45, 2.75) is 0 Å². The van der Waals surface area contributed by atoms with Crippen molar-refractivity contribution in [3.8, 4) is 0 Å². The van der Waals surface area contributed by atoms with E-state index in [1.54, 1.807) is 0 Å². The van der Waals surface area contributed by atoms with Crippen molar-refractivity contribution in [1.29, 1.82) is 0 Å². The summed E-state index contributed by atoms with van der Waals surface area (Å²) in [7, 11) is 0. The molecule has 1 aromatic heterocycles. The summed E-state index contributed by atoms with van der Waals surface area (Å²) in [5.41, 5.74) is -0.162. The molecule has 1 aliphatic heterocycles. The lowest BCUT2D eigenvalue weighted by molar-refractivity contribution is -0.385. The summed E-state index contributed by atoms with van der Waals surface area (Å²) >= 11 is 0. The first-order valence-corrected chi connectivity index (χ1v) is 6.14. The zero-order valence-corrected chi connectivity index (χ0v) is 11.2. The minimum absolute atomic E-state index is 0.00716. The van der Waals surface area contributed by atoms with Gasteiger partial charge in [0.15, 0.2) is 0 Å². The summed E-state index contributed by atoms with van der Waals surface area (Å²) in [4.78, 5) is 51.9. The number of fused-ring (bicyclic) bond motifs is 1. The molecule has 2 heterocycles. The summed E-state index contributed by atoms with van der Waals surface area (Å²) < 4.78 is 4.42. The smallest absolute Gasteiger partial charge is 0.346 e. The molecule has 1 aromatic carbocycles. The van der Waals surface area contributed by atoms with Crippen LogP contribution in [-0.2, 0) is 4.74 Å². The molecule has 114 valence electrons. The molecule has 10 nitrogen and oxygen atoms in total. The van der Waals surface area contributed by atoms with E-state index in [4.69, 9.17) is 0 Å². The second kappa shape index (κ2) is 5.26. The highest BCUT2D eigenvalue weighted by molar-refractivity contribution is 6.16. The van der Waals surface area contributed by atoms with E-state index in [9.17, 15) is 24.5 Å². The molecule has 10 heteroatoms. The van der Waals surface area contributed by atoms with E-state index in [0.29, 0.717) is 0 Å². The van der Waals surface area contributed by atoms with Gasteiger partial charge in [-0.2, -0.15) is 0 Å². The van der Waals surface area contributed by atoms with Crippen molar-refractivity contribution >= 4 is 29.5 Å². The van der Waals surface area contributed by atoms with Gasteiger partial charge in [0, 0.05) is 5.56 Å². The number of esters is 2. The van der Waals surface area contributed by atoms with Gasteiger partial charge in [0.05, 0.1) is 16.1 Å². The van der Waals surface area contributed by atoms with E-state index < -0.39 is 22.8 Å². The number of aromatic nitrogens is 2. The van der Waals surface area contributed by atoms with Crippen molar-refractivity contribution in [2.75, 3.05) is 5.32 Å². The molecule has 2 aromatic rings. The number of nitro groups is 1. The third-order valence-electron chi connectivity index (χ3n) is 2.98. The Bertz CT molecular complexity index is 861. The van der Waals surface area contributed by atoms with Gasteiger partial charge in [0.25, 0.3) is 5.91 Å². The van der Waals surface area contributed by atoms with E-state index in [0.717, 1.165) is 12.4 Å². The number of carbonyl (C=O) groups is 3. The quantitative estimate of drug-likeness (QED) is 0.382. The number of hydrogen-bond donors (Lipinski definition) is 1. The average molecular weight is 314 g/mol. The van der Waals surface area contributed by atoms with Crippen molar-refractivity contribution < 1.29 is 24.0 Å². The van der Waals surface area contributed by atoms with Crippen LogP contribution in [0.5, 0.6) is 0 Å². The predicted octanol–water partition coefficient (Wildman–Crippen LogP) is 0.948. The lowest BCUT2D eigenvalue weighted by atomic mass is 10.1. The summed E-state index contributed by atoms with van der Waals surface area (Å²) in [5, 5.41) is 12.8. The largest absolute Gasteiger partial charge is 0.386 e. The van der Waals surface area contributed by atoms with Crippen LogP contribution in [-0.4, -0.2) is 32.7 Å². The molecule has 1 aliphatic rings. The molecule has 0 radical (unpaired) electrons. The van der Waals surface area contributed by atoms with Gasteiger partial charge in [-0.1, -0.05) is 0 Å². The van der Waals surface area contributed by atoms with Crippen LogP contribution in [0.15, 0.2) is 30.6 Å². The van der Waals surface area contributed by atoms with Gasteiger partial charge >= 0.3 is 17.6 Å². The van der Waals surface area contributed by atoms with Crippen LogP contribution < -0.4 is 5.32 Å². The van der Waals surface area contributed by atoms with Crippen LogP contribution in [0.4, 0.5) is 11.6 Å². The number of carbonyl (C=O) groups excluding carboxylic acids is 3. The number of rotatable bonds is 3. The van der Waals surface area contributed by atoms with Gasteiger partial charge in [-0.3, -0.25) is 20.2 Å². The summed E-state index contributed by atoms with van der Waals surface area (Å²) in [6.07, 6.45) is 1.89. The zero-order valence-electron chi connectivity index (χ0n) is 11.2. The highest BCUT2D eigenvalue weighted by Crippen LogP contribution is 2.21. The summed E-state index contributed by atoms with van der Waals surface area (Å²) in [5.74, 6) is -2.38. The van der Waals surface area contributed by atoms with Crippen molar-refractivity contribution in [1.82, 2.24) is 9.97 Å². The van der Waals surface area contributed by atoms with Gasteiger partial charge in [-0.25, -0.2) is 19.6 Å². The molecule has 0 spiro atoms. The lowest BCUT2D eigenvalue weighted by Crippen LogP contribution is -2.14. The van der Waals surface area contributed by atoms with Gasteiger partial charge < -0.3 is 4.74 Å². The molecule has 0 unspecified atom stereocenters. The molecule has 1 N–H and O–H groups in total. The van der Waals surface area contributed by atoms with Crippen LogP contribution >= 0.6 is 0 Å². The van der Waals surface area contributed by atoms with Crippen LogP contribution in [0.1, 0.15) is 31.1 Å². The minimum Gasteiger partial charge on any atom is -0.386 e. The fourth-order valence-corrected chi connectivity index (χ4v) is 1.88. The van der Waals surface area contributed by atoms with Gasteiger partial charge in [-0.15, -0.1) is 0 Å². The van der Waals surface area contributed by atoms with Crippen LogP contribution in [0, 0.1) is 10.1 Å². The first-order chi connectivity index (χ1) is 11.0. The Labute approximate surface area is 127 Å². The van der Waals surface area contributed by atoms with Gasteiger partial charge in [0.2, 0.25) is 5.95 Å². The van der Waals surface area contributed by atoms with Gasteiger partial charge in [0.1, 0.15) is 12.4 Å². The first-order valence-electron chi connectivity index (χ1n) is 6.14. The lowest BCUT2D eigenvalue weighted by Gasteiger charge is -2.03. The maximum Gasteiger partial charge on any atom is 0.346 e. The fourth-order valence-electron chi connectivity index (χ4n) is 1.88. The molecule has 1 amide bonds. The fraction of sp³-hybridized carbons (Fsp3) is 0.